The predicted molar refractivity (Wildman–Crippen MR) is 148 cm³/mol. The van der Waals surface area contributed by atoms with Crippen LogP contribution in [0.5, 0.6) is 0 Å². The van der Waals surface area contributed by atoms with E-state index in [1.165, 1.54) is 75.8 Å². The van der Waals surface area contributed by atoms with Gasteiger partial charge in [-0.3, -0.25) is 0 Å². The van der Waals surface area contributed by atoms with Crippen LogP contribution in [0, 0.1) is 0 Å². The van der Waals surface area contributed by atoms with Crippen LogP contribution in [0.25, 0.3) is 75.8 Å². The molecule has 8 aromatic rings. The highest BCUT2D eigenvalue weighted by atomic mass is 14.2. The number of hydrogen-bond acceptors (Lipinski definition) is 0. The fourth-order valence-electron chi connectivity index (χ4n) is 6.08. The summed E-state index contributed by atoms with van der Waals surface area (Å²) in [4.78, 5) is 0. The minimum atomic E-state index is 1.28. The summed E-state index contributed by atoms with van der Waals surface area (Å²) in [5, 5.41) is 15.9. The van der Waals surface area contributed by atoms with Gasteiger partial charge in [-0.1, -0.05) is 109 Å². The van der Waals surface area contributed by atoms with Crippen LogP contribution in [0.3, 0.4) is 0 Å². The first-order chi connectivity index (χ1) is 16.9. The monoisotopic (exact) mass is 428 g/mol. The predicted octanol–water partition coefficient (Wildman–Crippen LogP) is 9.71. The first kappa shape index (κ1) is 18.1. The van der Waals surface area contributed by atoms with Gasteiger partial charge >= 0.3 is 0 Å². The van der Waals surface area contributed by atoms with Gasteiger partial charge in [-0.15, -0.1) is 0 Å². The van der Waals surface area contributed by atoms with Crippen LogP contribution in [-0.4, -0.2) is 0 Å². The molecular weight excluding hydrogens is 408 g/mol. The highest BCUT2D eigenvalue weighted by Crippen LogP contribution is 2.45. The van der Waals surface area contributed by atoms with Crippen molar-refractivity contribution in [2.24, 2.45) is 0 Å². The molecule has 0 aliphatic rings. The molecule has 8 aromatic carbocycles. The van der Waals surface area contributed by atoms with Crippen LogP contribution in [0.4, 0.5) is 0 Å². The minimum Gasteiger partial charge on any atom is -0.0616 e. The Labute approximate surface area is 197 Å². The molecule has 0 aliphatic heterocycles. The number of benzene rings is 8. The first-order valence-electron chi connectivity index (χ1n) is 11.9. The second-order valence-electron chi connectivity index (χ2n) is 9.33. The van der Waals surface area contributed by atoms with E-state index in [-0.39, 0.29) is 0 Å². The van der Waals surface area contributed by atoms with E-state index in [1.54, 1.807) is 0 Å². The third-order valence-electron chi connectivity index (χ3n) is 7.55. The molecule has 0 saturated heterocycles. The van der Waals surface area contributed by atoms with E-state index in [1.807, 2.05) is 0 Å². The van der Waals surface area contributed by atoms with Crippen molar-refractivity contribution in [1.29, 1.82) is 0 Å². The molecule has 0 unspecified atom stereocenters. The molecule has 156 valence electrons. The summed E-state index contributed by atoms with van der Waals surface area (Å²) in [5.74, 6) is 0. The molecule has 8 rings (SSSR count). The Hall–Kier alpha value is -4.42. The lowest BCUT2D eigenvalue weighted by Gasteiger charge is -2.18. The van der Waals surface area contributed by atoms with Crippen LogP contribution in [-0.2, 0) is 0 Å². The summed E-state index contributed by atoms with van der Waals surface area (Å²) in [7, 11) is 0. The minimum absolute atomic E-state index is 1.28. The van der Waals surface area contributed by atoms with E-state index in [2.05, 4.69) is 121 Å². The second-order valence-corrected chi connectivity index (χ2v) is 9.33. The van der Waals surface area contributed by atoms with Gasteiger partial charge in [-0.05, 0) is 87.9 Å². The summed E-state index contributed by atoms with van der Waals surface area (Å²) >= 11 is 0. The Bertz CT molecular complexity index is 2050. The molecule has 0 amide bonds. The van der Waals surface area contributed by atoms with Crippen LogP contribution in [0.2, 0.25) is 0 Å². The van der Waals surface area contributed by atoms with Gasteiger partial charge in [-0.25, -0.2) is 0 Å². The summed E-state index contributed by atoms with van der Waals surface area (Å²) in [6.45, 7) is 0. The number of fused-ring (bicyclic) bond motifs is 4. The van der Waals surface area contributed by atoms with Gasteiger partial charge in [0.05, 0.1) is 0 Å². The van der Waals surface area contributed by atoms with Gasteiger partial charge in [0.1, 0.15) is 0 Å². The van der Waals surface area contributed by atoms with E-state index in [0.29, 0.717) is 0 Å². The fraction of sp³-hybridized carbons (Fsp3) is 0. The van der Waals surface area contributed by atoms with E-state index in [9.17, 15) is 0 Å². The molecular formula is C34H20. The van der Waals surface area contributed by atoms with E-state index < -0.39 is 0 Å². The molecule has 0 atom stereocenters. The first-order valence-corrected chi connectivity index (χ1v) is 11.9. The topological polar surface area (TPSA) is 0 Å². The number of hydrogen-bond donors (Lipinski definition) is 0. The average Bonchev–Trinajstić information content (AvgIpc) is 2.90. The molecule has 0 heterocycles. The molecule has 0 spiro atoms. The van der Waals surface area contributed by atoms with Gasteiger partial charge in [0.25, 0.3) is 0 Å². The highest BCUT2D eigenvalue weighted by molar-refractivity contribution is 6.35. The zero-order valence-electron chi connectivity index (χ0n) is 18.5. The summed E-state index contributed by atoms with van der Waals surface area (Å²) in [6, 6.07) is 44.9. The highest BCUT2D eigenvalue weighted by Gasteiger charge is 2.17. The Morgan fingerprint density at radius 1 is 0.265 bits per heavy atom. The van der Waals surface area contributed by atoms with Gasteiger partial charge in [0, 0.05) is 0 Å². The van der Waals surface area contributed by atoms with Crippen LogP contribution in [0.15, 0.2) is 121 Å². The zero-order valence-corrected chi connectivity index (χ0v) is 18.5. The van der Waals surface area contributed by atoms with Gasteiger partial charge in [0.2, 0.25) is 0 Å². The second kappa shape index (κ2) is 6.56. The molecule has 0 aromatic heterocycles. The van der Waals surface area contributed by atoms with Gasteiger partial charge < -0.3 is 0 Å². The lowest BCUT2D eigenvalue weighted by Crippen LogP contribution is -1.90. The summed E-state index contributed by atoms with van der Waals surface area (Å²) < 4.78 is 0. The maximum Gasteiger partial charge on any atom is -0.00139 e. The summed E-state index contributed by atoms with van der Waals surface area (Å²) in [5.41, 5.74) is 2.61. The zero-order chi connectivity index (χ0) is 22.2. The third kappa shape index (κ3) is 2.32. The summed E-state index contributed by atoms with van der Waals surface area (Å²) in [6.07, 6.45) is 0. The van der Waals surface area contributed by atoms with Crippen molar-refractivity contribution in [3.05, 3.63) is 121 Å². The molecule has 0 bridgehead atoms. The Balaban J connectivity index is 1.62. The normalized spacial score (nSPS) is 12.1. The maximum absolute atomic E-state index is 2.36. The van der Waals surface area contributed by atoms with Crippen LogP contribution >= 0.6 is 0 Å². The standard InChI is InChI=1S/C34H20/c1-2-8-24-20-31-25(19-23(24)7-1)12-6-13-26(31)29-18-17-22-11-4-15-28-27-14-3-9-21-10-5-16-30(32(21)27)34(29)33(22)28/h1-20H. The Morgan fingerprint density at radius 2 is 0.853 bits per heavy atom. The van der Waals surface area contributed by atoms with Crippen molar-refractivity contribution < 1.29 is 0 Å². The quantitative estimate of drug-likeness (QED) is 0.180. The lowest BCUT2D eigenvalue weighted by molar-refractivity contribution is 1.72. The largest absolute Gasteiger partial charge is 0.0616 e. The molecule has 0 saturated carbocycles. The van der Waals surface area contributed by atoms with E-state index in [0.717, 1.165) is 0 Å². The molecule has 0 N–H and O–H groups in total. The van der Waals surface area contributed by atoms with E-state index in [4.69, 9.17) is 0 Å². The van der Waals surface area contributed by atoms with Crippen LogP contribution in [0.1, 0.15) is 0 Å². The molecule has 0 aliphatic carbocycles. The lowest BCUT2D eigenvalue weighted by atomic mass is 9.85. The van der Waals surface area contributed by atoms with Gasteiger partial charge in [-0.2, -0.15) is 0 Å². The van der Waals surface area contributed by atoms with Crippen molar-refractivity contribution in [3.63, 3.8) is 0 Å². The molecule has 0 heteroatoms. The van der Waals surface area contributed by atoms with Crippen molar-refractivity contribution in [2.45, 2.75) is 0 Å². The third-order valence-corrected chi connectivity index (χ3v) is 7.55. The van der Waals surface area contributed by atoms with Crippen molar-refractivity contribution in [3.8, 4) is 11.1 Å². The van der Waals surface area contributed by atoms with Crippen molar-refractivity contribution in [1.82, 2.24) is 0 Å². The molecule has 0 nitrogen and oxygen atoms in total. The fourth-order valence-corrected chi connectivity index (χ4v) is 6.08. The maximum atomic E-state index is 2.36. The number of rotatable bonds is 1. The molecule has 0 radical (unpaired) electrons. The van der Waals surface area contributed by atoms with Crippen molar-refractivity contribution in [2.75, 3.05) is 0 Å². The smallest absolute Gasteiger partial charge is 0.00139 e. The SMILES string of the molecule is c1ccc2cc3c(-c4ccc5cccc6c7cccc8cccc(c4c56)c87)cccc3cc2c1. The molecule has 0 fully saturated rings. The van der Waals surface area contributed by atoms with Crippen LogP contribution < -0.4 is 0 Å². The Morgan fingerprint density at radius 3 is 1.65 bits per heavy atom. The van der Waals surface area contributed by atoms with E-state index >= 15 is 0 Å². The molecule has 34 heavy (non-hydrogen) atoms. The Kier molecular flexibility index (Phi) is 3.48. The average molecular weight is 429 g/mol. The van der Waals surface area contributed by atoms with Gasteiger partial charge in [0.15, 0.2) is 0 Å². The van der Waals surface area contributed by atoms with Crippen molar-refractivity contribution >= 4 is 64.6 Å².